The predicted octanol–water partition coefficient (Wildman–Crippen LogP) is 3.63. The number of carbonyl (C=O) groups is 1. The molecule has 1 aliphatic heterocycles. The van der Waals surface area contributed by atoms with Crippen LogP contribution in [-0.4, -0.2) is 34.2 Å². The lowest BCUT2D eigenvalue weighted by Gasteiger charge is -2.16. The second kappa shape index (κ2) is 9.23. The van der Waals surface area contributed by atoms with E-state index in [0.29, 0.717) is 18.4 Å². The second-order valence-electron chi connectivity index (χ2n) is 6.46. The zero-order chi connectivity index (χ0) is 19.0. The Labute approximate surface area is 153 Å². The topological polar surface area (TPSA) is 76.0 Å². The molecule has 1 fully saturated rings. The number of allylic oxidation sites excluding steroid dienone is 3. The summed E-state index contributed by atoms with van der Waals surface area (Å²) < 4.78 is 11.7. The van der Waals surface area contributed by atoms with Crippen LogP contribution < -0.4 is 0 Å². The summed E-state index contributed by atoms with van der Waals surface area (Å²) in [7, 11) is 0. The van der Waals surface area contributed by atoms with Crippen molar-refractivity contribution in [1.29, 1.82) is 0 Å². The van der Waals surface area contributed by atoms with Crippen LogP contribution in [0.3, 0.4) is 0 Å². The SMILES string of the molecule is CC1(C)O[C@@H](CCCC(=O)O)[C@@H](/C=C/C=C/C#Cc2ccccc2O)O1. The number of para-hydroxylation sites is 1. The summed E-state index contributed by atoms with van der Waals surface area (Å²) >= 11 is 0. The molecule has 26 heavy (non-hydrogen) atoms. The highest BCUT2D eigenvalue weighted by Crippen LogP contribution is 2.31. The Hall–Kier alpha value is -2.55. The summed E-state index contributed by atoms with van der Waals surface area (Å²) in [5.41, 5.74) is 0.578. The van der Waals surface area contributed by atoms with Gasteiger partial charge in [0.05, 0.1) is 11.7 Å². The van der Waals surface area contributed by atoms with Crippen LogP contribution in [0.4, 0.5) is 0 Å². The number of aromatic hydroxyl groups is 1. The standard InChI is InChI=1S/C21H24O5/c1-21(2)25-18(19(26-21)14-9-15-20(23)24)13-6-4-3-5-10-16-11-7-8-12-17(16)22/h3-4,6-8,11-13,18-19,22H,9,14-15H2,1-2H3,(H,23,24)/b4-3+,13-6+/t18-,19+/m1/s1. The second-order valence-corrected chi connectivity index (χ2v) is 6.46. The summed E-state index contributed by atoms with van der Waals surface area (Å²) in [5.74, 6) is 4.40. The number of hydrogen-bond acceptors (Lipinski definition) is 4. The van der Waals surface area contributed by atoms with Gasteiger partial charge in [-0.2, -0.15) is 0 Å². The van der Waals surface area contributed by atoms with Crippen LogP contribution in [0, 0.1) is 11.8 Å². The van der Waals surface area contributed by atoms with Gasteiger partial charge in [0.1, 0.15) is 11.9 Å². The number of phenolic OH excluding ortho intramolecular Hbond substituents is 1. The fraction of sp³-hybridized carbons (Fsp3) is 0.381. The Bertz CT molecular complexity index is 736. The maximum absolute atomic E-state index is 10.7. The Kier molecular flexibility index (Phi) is 7.02. The highest BCUT2D eigenvalue weighted by atomic mass is 16.7. The molecule has 5 nitrogen and oxygen atoms in total. The lowest BCUT2D eigenvalue weighted by Crippen LogP contribution is -2.21. The minimum Gasteiger partial charge on any atom is -0.507 e. The molecule has 0 spiro atoms. The molecule has 0 radical (unpaired) electrons. The molecule has 1 aromatic carbocycles. The first-order chi connectivity index (χ1) is 12.4. The molecule has 1 aliphatic rings. The minimum absolute atomic E-state index is 0.124. The van der Waals surface area contributed by atoms with Crippen molar-refractivity contribution in [3.05, 3.63) is 54.1 Å². The van der Waals surface area contributed by atoms with Crippen LogP contribution in [0.15, 0.2) is 48.6 Å². The van der Waals surface area contributed by atoms with Gasteiger partial charge in [0.2, 0.25) is 0 Å². The minimum atomic E-state index is -0.804. The summed E-state index contributed by atoms with van der Waals surface area (Å²) in [6, 6.07) is 6.91. The van der Waals surface area contributed by atoms with Gasteiger partial charge in [-0.1, -0.05) is 42.2 Å². The van der Waals surface area contributed by atoms with Gasteiger partial charge in [-0.3, -0.25) is 4.79 Å². The Morgan fingerprint density at radius 1 is 1.27 bits per heavy atom. The molecule has 1 saturated heterocycles. The molecule has 0 unspecified atom stereocenters. The van der Waals surface area contributed by atoms with Gasteiger partial charge in [0, 0.05) is 6.42 Å². The zero-order valence-electron chi connectivity index (χ0n) is 15.0. The van der Waals surface area contributed by atoms with Crippen LogP contribution >= 0.6 is 0 Å². The zero-order valence-corrected chi connectivity index (χ0v) is 15.0. The molecule has 0 saturated carbocycles. The van der Waals surface area contributed by atoms with Crippen LogP contribution in [-0.2, 0) is 14.3 Å². The van der Waals surface area contributed by atoms with E-state index in [1.54, 1.807) is 30.4 Å². The average molecular weight is 356 g/mol. The van der Waals surface area contributed by atoms with Crippen molar-refractivity contribution in [3.63, 3.8) is 0 Å². The van der Waals surface area contributed by atoms with Gasteiger partial charge >= 0.3 is 5.97 Å². The van der Waals surface area contributed by atoms with E-state index in [2.05, 4.69) is 11.8 Å². The van der Waals surface area contributed by atoms with E-state index < -0.39 is 11.8 Å². The van der Waals surface area contributed by atoms with E-state index in [-0.39, 0.29) is 24.4 Å². The predicted molar refractivity (Wildman–Crippen MR) is 98.6 cm³/mol. The van der Waals surface area contributed by atoms with E-state index >= 15 is 0 Å². The van der Waals surface area contributed by atoms with E-state index in [1.807, 2.05) is 32.1 Å². The van der Waals surface area contributed by atoms with Crippen molar-refractivity contribution in [1.82, 2.24) is 0 Å². The lowest BCUT2D eigenvalue weighted by molar-refractivity contribution is -0.143. The first-order valence-corrected chi connectivity index (χ1v) is 8.58. The molecule has 0 aromatic heterocycles. The largest absolute Gasteiger partial charge is 0.507 e. The van der Waals surface area contributed by atoms with E-state index in [0.717, 1.165) is 0 Å². The van der Waals surface area contributed by atoms with Crippen molar-refractivity contribution in [3.8, 4) is 17.6 Å². The molecular formula is C21H24O5. The summed E-state index contributed by atoms with van der Waals surface area (Å²) in [6.07, 6.45) is 8.10. The molecule has 0 amide bonds. The van der Waals surface area contributed by atoms with E-state index in [1.165, 1.54) is 0 Å². The molecule has 0 bridgehead atoms. The van der Waals surface area contributed by atoms with Gasteiger partial charge < -0.3 is 19.7 Å². The van der Waals surface area contributed by atoms with Crippen LogP contribution in [0.25, 0.3) is 0 Å². The van der Waals surface area contributed by atoms with Crippen LogP contribution in [0.2, 0.25) is 0 Å². The normalized spacial score (nSPS) is 21.8. The van der Waals surface area contributed by atoms with E-state index in [9.17, 15) is 9.90 Å². The number of carboxylic acids is 1. The van der Waals surface area contributed by atoms with Gasteiger partial charge in [0.15, 0.2) is 5.79 Å². The maximum atomic E-state index is 10.7. The summed E-state index contributed by atoms with van der Waals surface area (Å²) in [5, 5.41) is 18.4. The smallest absolute Gasteiger partial charge is 0.303 e. The molecular weight excluding hydrogens is 332 g/mol. The number of carboxylic acid groups (broad SMARTS) is 1. The third kappa shape index (κ3) is 6.40. The molecule has 1 aromatic rings. The molecule has 2 N–H and O–H groups in total. The fourth-order valence-corrected chi connectivity index (χ4v) is 2.68. The van der Waals surface area contributed by atoms with Crippen LogP contribution in [0.5, 0.6) is 5.75 Å². The van der Waals surface area contributed by atoms with E-state index in [4.69, 9.17) is 14.6 Å². The van der Waals surface area contributed by atoms with Gasteiger partial charge in [0.25, 0.3) is 0 Å². The van der Waals surface area contributed by atoms with Crippen molar-refractivity contribution < 1.29 is 24.5 Å². The highest BCUT2D eigenvalue weighted by molar-refractivity contribution is 5.66. The third-order valence-electron chi connectivity index (χ3n) is 3.80. The Morgan fingerprint density at radius 2 is 2.04 bits per heavy atom. The average Bonchev–Trinajstić information content (AvgIpc) is 2.86. The Balaban J connectivity index is 1.90. The molecule has 138 valence electrons. The maximum Gasteiger partial charge on any atom is 0.303 e. The molecule has 1 heterocycles. The van der Waals surface area contributed by atoms with Gasteiger partial charge in [-0.05, 0) is 44.9 Å². The highest BCUT2D eigenvalue weighted by Gasteiger charge is 2.39. The lowest BCUT2D eigenvalue weighted by atomic mass is 10.1. The molecule has 0 aliphatic carbocycles. The summed E-state index contributed by atoms with van der Waals surface area (Å²) in [4.78, 5) is 10.7. The number of ether oxygens (including phenoxy) is 2. The van der Waals surface area contributed by atoms with Gasteiger partial charge in [-0.15, -0.1) is 0 Å². The number of aliphatic carboxylic acids is 1. The van der Waals surface area contributed by atoms with Crippen LogP contribution in [0.1, 0.15) is 38.7 Å². The number of hydrogen-bond donors (Lipinski definition) is 2. The fourth-order valence-electron chi connectivity index (χ4n) is 2.68. The Morgan fingerprint density at radius 3 is 2.77 bits per heavy atom. The van der Waals surface area contributed by atoms with Crippen molar-refractivity contribution in [2.24, 2.45) is 0 Å². The monoisotopic (exact) mass is 356 g/mol. The van der Waals surface area contributed by atoms with Crippen molar-refractivity contribution in [2.45, 2.75) is 51.1 Å². The molecule has 5 heteroatoms. The quantitative estimate of drug-likeness (QED) is 0.601. The molecule has 2 rings (SSSR count). The van der Waals surface area contributed by atoms with Gasteiger partial charge in [-0.25, -0.2) is 0 Å². The van der Waals surface area contributed by atoms with Crippen molar-refractivity contribution in [2.75, 3.05) is 0 Å². The third-order valence-corrected chi connectivity index (χ3v) is 3.80. The first-order valence-electron chi connectivity index (χ1n) is 8.58. The van der Waals surface area contributed by atoms with Crippen molar-refractivity contribution >= 4 is 5.97 Å². The number of phenols is 1. The number of rotatable bonds is 6. The summed E-state index contributed by atoms with van der Waals surface area (Å²) in [6.45, 7) is 3.69. The first kappa shape index (κ1) is 19.8. The number of benzene rings is 1. The molecule has 2 atom stereocenters.